The van der Waals surface area contributed by atoms with Crippen molar-refractivity contribution in [2.24, 2.45) is 5.92 Å². The first-order valence-electron chi connectivity index (χ1n) is 10.5. The van der Waals surface area contributed by atoms with Crippen molar-refractivity contribution in [2.75, 3.05) is 33.3 Å². The van der Waals surface area contributed by atoms with Gasteiger partial charge in [0.1, 0.15) is 10.6 Å². The monoisotopic (exact) mass is 464 g/mol. The SMILES string of the molecule is CCOc1ccc(Cl)cc1S(=O)(=O)N(C)CC(=O)N1CCC(Cc2ccccc2)CC1. The first kappa shape index (κ1) is 23.6. The Morgan fingerprint density at radius 3 is 2.48 bits per heavy atom. The van der Waals surface area contributed by atoms with E-state index in [9.17, 15) is 13.2 Å². The van der Waals surface area contributed by atoms with Crippen molar-refractivity contribution >= 4 is 27.5 Å². The number of likely N-dealkylation sites (tertiary alicyclic amines) is 1. The highest BCUT2D eigenvalue weighted by Gasteiger charge is 2.30. The predicted octanol–water partition coefficient (Wildman–Crippen LogP) is 3.84. The number of piperidine rings is 1. The molecule has 1 aliphatic rings. The summed E-state index contributed by atoms with van der Waals surface area (Å²) in [5, 5.41) is 0.294. The zero-order valence-corrected chi connectivity index (χ0v) is 19.5. The van der Waals surface area contributed by atoms with E-state index < -0.39 is 10.0 Å². The van der Waals surface area contributed by atoms with Crippen LogP contribution in [0.25, 0.3) is 0 Å². The van der Waals surface area contributed by atoms with Gasteiger partial charge in [0.25, 0.3) is 0 Å². The first-order chi connectivity index (χ1) is 14.8. The molecule has 3 rings (SSSR count). The minimum absolute atomic E-state index is 0.0290. The molecular formula is C23H29ClN2O4S. The van der Waals surface area contributed by atoms with Gasteiger partial charge in [-0.25, -0.2) is 8.42 Å². The van der Waals surface area contributed by atoms with E-state index in [2.05, 4.69) is 12.1 Å². The highest BCUT2D eigenvalue weighted by molar-refractivity contribution is 7.89. The highest BCUT2D eigenvalue weighted by atomic mass is 35.5. The molecule has 1 fully saturated rings. The maximum absolute atomic E-state index is 13.1. The summed E-state index contributed by atoms with van der Waals surface area (Å²) in [7, 11) is -2.51. The summed E-state index contributed by atoms with van der Waals surface area (Å²) in [5.74, 6) is 0.574. The van der Waals surface area contributed by atoms with E-state index in [0.717, 1.165) is 23.6 Å². The molecule has 1 amide bonds. The minimum atomic E-state index is -3.92. The summed E-state index contributed by atoms with van der Waals surface area (Å²) in [6, 6.07) is 14.8. The van der Waals surface area contributed by atoms with Crippen LogP contribution < -0.4 is 4.74 Å². The summed E-state index contributed by atoms with van der Waals surface area (Å²) in [6.45, 7) is 3.17. The van der Waals surface area contributed by atoms with Crippen molar-refractivity contribution in [3.05, 3.63) is 59.1 Å². The Balaban J connectivity index is 1.60. The lowest BCUT2D eigenvalue weighted by Crippen LogP contribution is -2.44. The van der Waals surface area contributed by atoms with E-state index in [4.69, 9.17) is 16.3 Å². The van der Waals surface area contributed by atoms with Crippen LogP contribution in [0.2, 0.25) is 5.02 Å². The number of nitrogens with zero attached hydrogens (tertiary/aromatic N) is 2. The molecule has 0 atom stereocenters. The number of amides is 1. The van der Waals surface area contributed by atoms with E-state index in [1.54, 1.807) is 17.9 Å². The van der Waals surface area contributed by atoms with Crippen molar-refractivity contribution in [1.29, 1.82) is 0 Å². The average Bonchev–Trinajstić information content (AvgIpc) is 2.76. The van der Waals surface area contributed by atoms with Gasteiger partial charge in [-0.15, -0.1) is 0 Å². The fourth-order valence-electron chi connectivity index (χ4n) is 3.84. The summed E-state index contributed by atoms with van der Waals surface area (Å²) in [4.78, 5) is 14.5. The van der Waals surface area contributed by atoms with Gasteiger partial charge < -0.3 is 9.64 Å². The summed E-state index contributed by atoms with van der Waals surface area (Å²) >= 11 is 6.01. The third-order valence-electron chi connectivity index (χ3n) is 5.59. The Labute approximate surface area is 189 Å². The summed E-state index contributed by atoms with van der Waals surface area (Å²) < 4.78 is 32.7. The molecule has 2 aromatic rings. The van der Waals surface area contributed by atoms with Gasteiger partial charge in [0.05, 0.1) is 13.2 Å². The molecule has 0 saturated carbocycles. The van der Waals surface area contributed by atoms with Crippen LogP contribution in [0.3, 0.4) is 0 Å². The molecule has 31 heavy (non-hydrogen) atoms. The Hall–Kier alpha value is -2.09. The van der Waals surface area contributed by atoms with Gasteiger partial charge in [-0.1, -0.05) is 41.9 Å². The maximum Gasteiger partial charge on any atom is 0.247 e. The van der Waals surface area contributed by atoms with Crippen molar-refractivity contribution in [1.82, 2.24) is 9.21 Å². The molecule has 8 heteroatoms. The average molecular weight is 465 g/mol. The van der Waals surface area contributed by atoms with E-state index >= 15 is 0 Å². The molecule has 168 valence electrons. The molecule has 0 radical (unpaired) electrons. The van der Waals surface area contributed by atoms with Gasteiger partial charge in [0.2, 0.25) is 15.9 Å². The maximum atomic E-state index is 13.1. The van der Waals surface area contributed by atoms with Crippen LogP contribution in [0.15, 0.2) is 53.4 Å². The van der Waals surface area contributed by atoms with Crippen molar-refractivity contribution < 1.29 is 17.9 Å². The third kappa shape index (κ3) is 5.99. The molecule has 0 N–H and O–H groups in total. The molecule has 1 aliphatic heterocycles. The van der Waals surface area contributed by atoms with Gasteiger partial charge in [0.15, 0.2) is 0 Å². The van der Waals surface area contributed by atoms with Crippen molar-refractivity contribution in [3.8, 4) is 5.75 Å². The zero-order chi connectivity index (χ0) is 22.4. The molecule has 1 heterocycles. The Morgan fingerprint density at radius 1 is 1.16 bits per heavy atom. The number of hydrogen-bond donors (Lipinski definition) is 0. The van der Waals surface area contributed by atoms with Crippen LogP contribution in [-0.2, 0) is 21.2 Å². The molecular weight excluding hydrogens is 436 g/mol. The lowest BCUT2D eigenvalue weighted by Gasteiger charge is -2.33. The summed E-state index contributed by atoms with van der Waals surface area (Å²) in [5.41, 5.74) is 1.31. The standard InChI is InChI=1S/C23H29ClN2O4S/c1-3-30-21-10-9-20(24)16-22(21)31(28,29)25(2)17-23(27)26-13-11-19(12-14-26)15-18-7-5-4-6-8-18/h4-10,16,19H,3,11-15,17H2,1-2H3. The second kappa shape index (κ2) is 10.5. The van der Waals surface area contributed by atoms with Crippen molar-refractivity contribution in [3.63, 3.8) is 0 Å². The molecule has 2 aromatic carbocycles. The predicted molar refractivity (Wildman–Crippen MR) is 122 cm³/mol. The zero-order valence-electron chi connectivity index (χ0n) is 18.0. The van der Waals surface area contributed by atoms with Gasteiger partial charge in [-0.3, -0.25) is 4.79 Å². The van der Waals surface area contributed by atoms with E-state index in [1.807, 2.05) is 18.2 Å². The second-order valence-electron chi connectivity index (χ2n) is 7.80. The van der Waals surface area contributed by atoms with Crippen LogP contribution in [0.1, 0.15) is 25.3 Å². The number of rotatable bonds is 8. The summed E-state index contributed by atoms with van der Waals surface area (Å²) in [6.07, 6.45) is 2.84. The molecule has 0 bridgehead atoms. The van der Waals surface area contributed by atoms with Crippen LogP contribution >= 0.6 is 11.6 Å². The van der Waals surface area contributed by atoms with Gasteiger partial charge in [-0.05, 0) is 55.9 Å². The fourth-order valence-corrected chi connectivity index (χ4v) is 5.35. The fraction of sp³-hybridized carbons (Fsp3) is 0.435. The Kier molecular flexibility index (Phi) is 7.97. The normalized spacial score (nSPS) is 15.3. The van der Waals surface area contributed by atoms with Crippen LogP contribution in [0.4, 0.5) is 0 Å². The number of likely N-dealkylation sites (N-methyl/N-ethyl adjacent to an activating group) is 1. The number of benzene rings is 2. The van der Waals surface area contributed by atoms with E-state index in [0.29, 0.717) is 30.6 Å². The number of halogens is 1. The number of sulfonamides is 1. The molecule has 0 unspecified atom stereocenters. The van der Waals surface area contributed by atoms with Gasteiger partial charge >= 0.3 is 0 Å². The highest BCUT2D eigenvalue weighted by Crippen LogP contribution is 2.29. The molecule has 6 nitrogen and oxygen atoms in total. The molecule has 0 spiro atoms. The van der Waals surface area contributed by atoms with Gasteiger partial charge in [0, 0.05) is 25.2 Å². The van der Waals surface area contributed by atoms with Crippen LogP contribution in [0.5, 0.6) is 5.75 Å². The van der Waals surface area contributed by atoms with E-state index in [-0.39, 0.29) is 23.1 Å². The number of carbonyl (C=O) groups is 1. The number of carbonyl (C=O) groups excluding carboxylic acids is 1. The first-order valence-corrected chi connectivity index (χ1v) is 12.3. The van der Waals surface area contributed by atoms with Crippen LogP contribution in [0, 0.1) is 5.92 Å². The van der Waals surface area contributed by atoms with Crippen molar-refractivity contribution in [2.45, 2.75) is 31.1 Å². The number of ether oxygens (including phenoxy) is 1. The molecule has 1 saturated heterocycles. The second-order valence-corrected chi connectivity index (χ2v) is 10.2. The Bertz CT molecular complexity index is 990. The third-order valence-corrected chi connectivity index (χ3v) is 7.65. The largest absolute Gasteiger partial charge is 0.492 e. The topological polar surface area (TPSA) is 66.9 Å². The molecule has 0 aliphatic carbocycles. The Morgan fingerprint density at radius 2 is 1.84 bits per heavy atom. The van der Waals surface area contributed by atoms with E-state index in [1.165, 1.54) is 24.7 Å². The van der Waals surface area contributed by atoms with Crippen LogP contribution in [-0.4, -0.2) is 56.8 Å². The smallest absolute Gasteiger partial charge is 0.247 e. The lowest BCUT2D eigenvalue weighted by atomic mass is 9.90. The van der Waals surface area contributed by atoms with Gasteiger partial charge in [-0.2, -0.15) is 4.31 Å². The lowest BCUT2D eigenvalue weighted by molar-refractivity contribution is -0.132. The molecule has 0 aromatic heterocycles. The quantitative estimate of drug-likeness (QED) is 0.595. The number of hydrogen-bond acceptors (Lipinski definition) is 4. The minimum Gasteiger partial charge on any atom is -0.492 e.